The molecule has 0 aromatic carbocycles. The van der Waals surface area contributed by atoms with Gasteiger partial charge in [0.15, 0.2) is 0 Å². The molecular weight excluding hydrogens is 232 g/mol. The second-order valence-electron chi connectivity index (χ2n) is 3.85. The van der Waals surface area contributed by atoms with Crippen molar-refractivity contribution in [2.45, 2.75) is 31.0 Å². The van der Waals surface area contributed by atoms with E-state index in [1.165, 1.54) is 0 Å². The van der Waals surface area contributed by atoms with Gasteiger partial charge in [-0.2, -0.15) is 0 Å². The molecule has 0 saturated carbocycles. The monoisotopic (exact) mass is 246 g/mol. The summed E-state index contributed by atoms with van der Waals surface area (Å²) in [5.74, 6) is -3.33. The molecule has 0 aromatic rings. The van der Waals surface area contributed by atoms with Crippen molar-refractivity contribution in [3.63, 3.8) is 0 Å². The average molecular weight is 246 g/mol. The summed E-state index contributed by atoms with van der Waals surface area (Å²) in [5.41, 5.74) is 0. The van der Waals surface area contributed by atoms with Gasteiger partial charge in [-0.25, -0.2) is 4.79 Å². The van der Waals surface area contributed by atoms with Crippen LogP contribution in [0.3, 0.4) is 0 Å². The van der Waals surface area contributed by atoms with Gasteiger partial charge in [-0.15, -0.1) is 0 Å². The van der Waals surface area contributed by atoms with E-state index in [2.05, 4.69) is 10.6 Å². The molecule has 0 bridgehead atoms. The number of carbonyl (C=O) groups excluding carboxylic acids is 1. The van der Waals surface area contributed by atoms with Crippen molar-refractivity contribution in [3.8, 4) is 0 Å². The highest BCUT2D eigenvalue weighted by atomic mass is 16.4. The van der Waals surface area contributed by atoms with E-state index in [1.54, 1.807) is 0 Å². The summed E-state index contributed by atoms with van der Waals surface area (Å²) in [7, 11) is 0. The van der Waals surface area contributed by atoms with Crippen LogP contribution in [0.15, 0.2) is 0 Å². The van der Waals surface area contributed by atoms with Gasteiger partial charge in [0, 0.05) is 6.54 Å². The number of carboxylic acids is 2. The molecule has 3 atom stereocenters. The van der Waals surface area contributed by atoms with E-state index < -0.39 is 42.5 Å². The van der Waals surface area contributed by atoms with Gasteiger partial charge in [0.1, 0.15) is 6.04 Å². The number of amides is 1. The summed E-state index contributed by atoms with van der Waals surface area (Å²) in [6.45, 7) is 0.259. The first-order valence-corrected chi connectivity index (χ1v) is 5.06. The normalized spacial score (nSPS) is 25.2. The third kappa shape index (κ3) is 4.00. The van der Waals surface area contributed by atoms with E-state index in [0.717, 1.165) is 0 Å². The van der Waals surface area contributed by atoms with Gasteiger partial charge in [0.2, 0.25) is 5.91 Å². The van der Waals surface area contributed by atoms with Crippen molar-refractivity contribution in [2.24, 2.45) is 0 Å². The number of carboxylic acid groups (broad SMARTS) is 2. The zero-order valence-corrected chi connectivity index (χ0v) is 8.92. The van der Waals surface area contributed by atoms with E-state index in [4.69, 9.17) is 10.2 Å². The molecule has 8 nitrogen and oxygen atoms in total. The zero-order chi connectivity index (χ0) is 13.0. The molecule has 0 aromatic heterocycles. The standard InChI is InChI=1S/C9H14N2O6/c12-4-1-5(10-3-4)8(15)11-6(9(16)17)2-7(13)14/h4-6,10,12H,1-3H2,(H,11,15)(H,13,14)(H,16,17)/t4-,5+,6+/m1/s1. The molecule has 5 N–H and O–H groups in total. The number of β-amino-alcohol motifs (C(OH)–C–C–N with tert-alkyl or cyclic N) is 1. The lowest BCUT2D eigenvalue weighted by Crippen LogP contribution is -2.49. The predicted octanol–water partition coefficient (Wildman–Crippen LogP) is -2.25. The van der Waals surface area contributed by atoms with Crippen LogP contribution in [-0.2, 0) is 14.4 Å². The Morgan fingerprint density at radius 3 is 2.41 bits per heavy atom. The Balaban J connectivity index is 2.52. The number of aliphatic hydroxyl groups is 1. The summed E-state index contributed by atoms with van der Waals surface area (Å²) in [6.07, 6.45) is -1.14. The molecule has 1 rings (SSSR count). The first-order valence-electron chi connectivity index (χ1n) is 5.06. The van der Waals surface area contributed by atoms with Gasteiger partial charge in [-0.3, -0.25) is 9.59 Å². The van der Waals surface area contributed by atoms with Crippen LogP contribution in [0.5, 0.6) is 0 Å². The number of rotatable bonds is 5. The molecule has 1 heterocycles. The van der Waals surface area contributed by atoms with Gasteiger partial charge in [0.05, 0.1) is 18.6 Å². The Labute approximate surface area is 96.6 Å². The molecule has 17 heavy (non-hydrogen) atoms. The maximum atomic E-state index is 11.5. The minimum Gasteiger partial charge on any atom is -0.481 e. The van der Waals surface area contributed by atoms with Gasteiger partial charge in [0.25, 0.3) is 0 Å². The van der Waals surface area contributed by atoms with E-state index in [9.17, 15) is 19.5 Å². The van der Waals surface area contributed by atoms with Gasteiger partial charge < -0.3 is 26.0 Å². The molecule has 0 spiro atoms. The van der Waals surface area contributed by atoms with Crippen molar-refractivity contribution in [3.05, 3.63) is 0 Å². The fourth-order valence-electron chi connectivity index (χ4n) is 1.56. The molecule has 1 saturated heterocycles. The summed E-state index contributed by atoms with van der Waals surface area (Å²) in [6, 6.07) is -2.14. The highest BCUT2D eigenvalue weighted by Gasteiger charge is 2.31. The number of aliphatic hydroxyl groups excluding tert-OH is 1. The number of hydrogen-bond acceptors (Lipinski definition) is 5. The molecule has 0 aliphatic carbocycles. The number of hydrogen-bond donors (Lipinski definition) is 5. The van der Waals surface area contributed by atoms with Crippen molar-refractivity contribution in [1.82, 2.24) is 10.6 Å². The van der Waals surface area contributed by atoms with Gasteiger partial charge in [-0.1, -0.05) is 0 Å². The molecular formula is C9H14N2O6. The third-order valence-electron chi connectivity index (χ3n) is 2.42. The highest BCUT2D eigenvalue weighted by Crippen LogP contribution is 2.07. The van der Waals surface area contributed by atoms with Crippen LogP contribution >= 0.6 is 0 Å². The van der Waals surface area contributed by atoms with E-state index in [-0.39, 0.29) is 13.0 Å². The average Bonchev–Trinajstić information content (AvgIpc) is 2.63. The van der Waals surface area contributed by atoms with Crippen molar-refractivity contribution in [2.75, 3.05) is 6.54 Å². The third-order valence-corrected chi connectivity index (χ3v) is 2.42. The lowest BCUT2D eigenvalue weighted by atomic mass is 10.1. The quantitative estimate of drug-likeness (QED) is 0.369. The van der Waals surface area contributed by atoms with Crippen LogP contribution in [0.25, 0.3) is 0 Å². The van der Waals surface area contributed by atoms with Crippen LogP contribution in [0, 0.1) is 0 Å². The minimum absolute atomic E-state index is 0.186. The topological polar surface area (TPSA) is 136 Å². The van der Waals surface area contributed by atoms with Crippen LogP contribution in [-0.4, -0.2) is 57.9 Å². The molecule has 8 heteroatoms. The number of nitrogens with one attached hydrogen (secondary N) is 2. The lowest BCUT2D eigenvalue weighted by molar-refractivity contribution is -0.147. The molecule has 0 unspecified atom stereocenters. The van der Waals surface area contributed by atoms with Crippen molar-refractivity contribution >= 4 is 17.8 Å². The molecule has 1 fully saturated rings. The Kier molecular flexibility index (Phi) is 4.41. The van der Waals surface area contributed by atoms with E-state index in [0.29, 0.717) is 0 Å². The Morgan fingerprint density at radius 2 is 2.00 bits per heavy atom. The van der Waals surface area contributed by atoms with Crippen molar-refractivity contribution in [1.29, 1.82) is 0 Å². The second kappa shape index (κ2) is 5.60. The largest absolute Gasteiger partial charge is 0.481 e. The van der Waals surface area contributed by atoms with Crippen molar-refractivity contribution < 1.29 is 29.7 Å². The molecule has 1 amide bonds. The predicted molar refractivity (Wildman–Crippen MR) is 54.2 cm³/mol. The highest BCUT2D eigenvalue weighted by molar-refractivity contribution is 5.89. The number of carbonyl (C=O) groups is 3. The maximum absolute atomic E-state index is 11.5. The van der Waals surface area contributed by atoms with Crippen LogP contribution < -0.4 is 10.6 Å². The first kappa shape index (κ1) is 13.4. The Bertz CT molecular complexity index is 331. The summed E-state index contributed by atoms with van der Waals surface area (Å²) < 4.78 is 0. The van der Waals surface area contributed by atoms with E-state index in [1.807, 2.05) is 0 Å². The number of aliphatic carboxylic acids is 2. The molecule has 1 aliphatic heterocycles. The second-order valence-corrected chi connectivity index (χ2v) is 3.85. The smallest absolute Gasteiger partial charge is 0.326 e. The SMILES string of the molecule is O=C(O)C[C@H](NC(=O)[C@@H]1C[C@@H](O)CN1)C(=O)O. The maximum Gasteiger partial charge on any atom is 0.326 e. The Morgan fingerprint density at radius 1 is 1.35 bits per heavy atom. The van der Waals surface area contributed by atoms with Crippen LogP contribution in [0.1, 0.15) is 12.8 Å². The molecule has 1 aliphatic rings. The molecule has 0 radical (unpaired) electrons. The van der Waals surface area contributed by atoms with Crippen LogP contribution in [0.4, 0.5) is 0 Å². The lowest BCUT2D eigenvalue weighted by Gasteiger charge is -2.15. The van der Waals surface area contributed by atoms with Gasteiger partial charge >= 0.3 is 11.9 Å². The Hall–Kier alpha value is -1.67. The minimum atomic E-state index is -1.46. The fraction of sp³-hybridized carbons (Fsp3) is 0.667. The summed E-state index contributed by atoms with van der Waals surface area (Å²) in [5, 5.41) is 31.2. The molecule has 96 valence electrons. The van der Waals surface area contributed by atoms with Crippen LogP contribution in [0.2, 0.25) is 0 Å². The van der Waals surface area contributed by atoms with E-state index >= 15 is 0 Å². The summed E-state index contributed by atoms with van der Waals surface area (Å²) >= 11 is 0. The zero-order valence-electron chi connectivity index (χ0n) is 8.92. The fourth-order valence-corrected chi connectivity index (χ4v) is 1.56. The van der Waals surface area contributed by atoms with Gasteiger partial charge in [-0.05, 0) is 6.42 Å². The first-order chi connectivity index (χ1) is 7.90. The summed E-state index contributed by atoms with van der Waals surface area (Å²) in [4.78, 5) is 32.6.